The van der Waals surface area contributed by atoms with Gasteiger partial charge in [-0.1, -0.05) is 36.4 Å². The van der Waals surface area contributed by atoms with Crippen LogP contribution in [0.3, 0.4) is 0 Å². The monoisotopic (exact) mass is 397 g/mol. The van der Waals surface area contributed by atoms with Crippen molar-refractivity contribution in [3.63, 3.8) is 0 Å². The summed E-state index contributed by atoms with van der Waals surface area (Å²) >= 11 is 0. The number of rotatable bonds is 6. The number of hydrogen-bond donors (Lipinski definition) is 0. The Morgan fingerprint density at radius 2 is 1.86 bits per heavy atom. The molecule has 2 aromatic carbocycles. The molecule has 2 heterocycles. The molecule has 8 heteroatoms. The molecule has 150 valence electrons. The standard InChI is InChI=1S/C21H20FN3O4/c1-21(10-11-24-12-19(25(26)27)23-20(24)29-21)14-28-13-15-2-4-16(5-3-15)17-6-8-18(22)9-7-17/h2-9,12H,10-11,13-14H2,1H3. The van der Waals surface area contributed by atoms with Crippen LogP contribution in [0.4, 0.5) is 10.2 Å². The Hall–Kier alpha value is -3.26. The molecule has 0 radical (unpaired) electrons. The van der Waals surface area contributed by atoms with E-state index in [4.69, 9.17) is 9.47 Å². The molecule has 1 atom stereocenters. The maximum Gasteiger partial charge on any atom is 0.414 e. The van der Waals surface area contributed by atoms with E-state index in [2.05, 4.69) is 4.98 Å². The number of fused-ring (bicyclic) bond motifs is 1. The molecule has 0 fully saturated rings. The molecule has 0 amide bonds. The van der Waals surface area contributed by atoms with Gasteiger partial charge in [0.25, 0.3) is 0 Å². The molecule has 0 saturated heterocycles. The van der Waals surface area contributed by atoms with E-state index < -0.39 is 10.5 Å². The Labute approximate surface area is 166 Å². The number of aryl methyl sites for hydroxylation is 1. The molecule has 4 rings (SSSR count). The van der Waals surface area contributed by atoms with E-state index in [1.165, 1.54) is 18.3 Å². The molecule has 0 spiro atoms. The van der Waals surface area contributed by atoms with Crippen LogP contribution in [0.25, 0.3) is 11.1 Å². The zero-order valence-corrected chi connectivity index (χ0v) is 15.9. The van der Waals surface area contributed by atoms with E-state index in [0.29, 0.717) is 26.2 Å². The molecule has 0 saturated carbocycles. The molecule has 3 aromatic rings. The first kappa shape index (κ1) is 19.1. The van der Waals surface area contributed by atoms with Gasteiger partial charge < -0.3 is 19.6 Å². The maximum atomic E-state index is 13.0. The van der Waals surface area contributed by atoms with Crippen molar-refractivity contribution < 1.29 is 18.8 Å². The van der Waals surface area contributed by atoms with Gasteiger partial charge in [-0.25, -0.2) is 4.39 Å². The lowest BCUT2D eigenvalue weighted by molar-refractivity contribution is -0.389. The zero-order valence-electron chi connectivity index (χ0n) is 15.9. The van der Waals surface area contributed by atoms with Gasteiger partial charge in [-0.2, -0.15) is 0 Å². The first-order valence-corrected chi connectivity index (χ1v) is 9.25. The number of nitrogens with zero attached hydrogens (tertiary/aromatic N) is 3. The summed E-state index contributed by atoms with van der Waals surface area (Å²) in [6, 6.07) is 14.5. The normalized spacial score (nSPS) is 18.1. The van der Waals surface area contributed by atoms with E-state index in [1.807, 2.05) is 31.2 Å². The molecule has 1 aromatic heterocycles. The van der Waals surface area contributed by atoms with Gasteiger partial charge in [0.15, 0.2) is 0 Å². The number of hydrogen-bond acceptors (Lipinski definition) is 5. The van der Waals surface area contributed by atoms with Gasteiger partial charge in [-0.15, -0.1) is 0 Å². The summed E-state index contributed by atoms with van der Waals surface area (Å²) in [5, 5.41) is 10.9. The summed E-state index contributed by atoms with van der Waals surface area (Å²) in [6.07, 6.45) is 2.05. The number of nitro groups is 1. The lowest BCUT2D eigenvalue weighted by atomic mass is 10.0. The molecule has 1 aliphatic rings. The molecule has 1 unspecified atom stereocenters. The van der Waals surface area contributed by atoms with Crippen molar-refractivity contribution in [2.45, 2.75) is 32.1 Å². The predicted molar refractivity (Wildman–Crippen MR) is 104 cm³/mol. The van der Waals surface area contributed by atoms with Gasteiger partial charge in [0, 0.05) is 17.9 Å². The number of benzene rings is 2. The summed E-state index contributed by atoms with van der Waals surface area (Å²) in [6.45, 7) is 3.25. The smallest absolute Gasteiger partial charge is 0.414 e. The van der Waals surface area contributed by atoms with Crippen molar-refractivity contribution in [1.29, 1.82) is 0 Å². The fourth-order valence-electron chi connectivity index (χ4n) is 3.27. The fourth-order valence-corrected chi connectivity index (χ4v) is 3.27. The predicted octanol–water partition coefficient (Wildman–Crippen LogP) is 4.36. The van der Waals surface area contributed by atoms with E-state index >= 15 is 0 Å². The number of halogens is 1. The first-order valence-electron chi connectivity index (χ1n) is 9.25. The largest absolute Gasteiger partial charge is 0.437 e. The summed E-state index contributed by atoms with van der Waals surface area (Å²) in [7, 11) is 0. The van der Waals surface area contributed by atoms with Crippen molar-refractivity contribution in [2.75, 3.05) is 6.61 Å². The Morgan fingerprint density at radius 3 is 2.52 bits per heavy atom. The van der Waals surface area contributed by atoms with Crippen LogP contribution in [0, 0.1) is 15.9 Å². The summed E-state index contributed by atoms with van der Waals surface area (Å²) in [4.78, 5) is 14.3. The zero-order chi connectivity index (χ0) is 20.4. The van der Waals surface area contributed by atoms with E-state index in [-0.39, 0.29) is 17.6 Å². The Kier molecular flexibility index (Phi) is 5.02. The highest BCUT2D eigenvalue weighted by atomic mass is 19.1. The Bertz CT molecular complexity index is 1020. The minimum absolute atomic E-state index is 0.216. The number of ether oxygens (including phenoxy) is 2. The third-order valence-electron chi connectivity index (χ3n) is 4.94. The van der Waals surface area contributed by atoms with E-state index in [1.54, 1.807) is 16.7 Å². The number of imidazole rings is 1. The highest BCUT2D eigenvalue weighted by molar-refractivity contribution is 5.63. The lowest BCUT2D eigenvalue weighted by Crippen LogP contribution is -2.42. The lowest BCUT2D eigenvalue weighted by Gasteiger charge is -2.32. The van der Waals surface area contributed by atoms with Crippen molar-refractivity contribution in [3.05, 3.63) is 76.2 Å². The third-order valence-corrected chi connectivity index (χ3v) is 4.94. The third kappa shape index (κ3) is 4.27. The van der Waals surface area contributed by atoms with Crippen LogP contribution in [0.15, 0.2) is 54.7 Å². The van der Waals surface area contributed by atoms with Crippen molar-refractivity contribution in [3.8, 4) is 17.1 Å². The van der Waals surface area contributed by atoms with E-state index in [9.17, 15) is 14.5 Å². The van der Waals surface area contributed by atoms with Crippen molar-refractivity contribution >= 4 is 5.82 Å². The Balaban J connectivity index is 1.33. The van der Waals surface area contributed by atoms with Crippen LogP contribution in [-0.4, -0.2) is 26.7 Å². The molecule has 7 nitrogen and oxygen atoms in total. The average molecular weight is 397 g/mol. The van der Waals surface area contributed by atoms with Gasteiger partial charge >= 0.3 is 11.8 Å². The van der Waals surface area contributed by atoms with Gasteiger partial charge in [0.1, 0.15) is 17.6 Å². The van der Waals surface area contributed by atoms with Crippen molar-refractivity contribution in [2.24, 2.45) is 0 Å². The van der Waals surface area contributed by atoms with Crippen LogP contribution in [0.2, 0.25) is 0 Å². The molecule has 0 N–H and O–H groups in total. The second kappa shape index (κ2) is 7.63. The quantitative estimate of drug-likeness (QED) is 0.456. The van der Waals surface area contributed by atoms with Crippen LogP contribution in [0.1, 0.15) is 18.9 Å². The fraction of sp³-hybridized carbons (Fsp3) is 0.286. The summed E-state index contributed by atoms with van der Waals surface area (Å²) in [5.41, 5.74) is 2.37. The number of aromatic nitrogens is 2. The highest BCUT2D eigenvalue weighted by Crippen LogP contribution is 2.30. The molecular weight excluding hydrogens is 377 g/mol. The SMILES string of the molecule is CC1(COCc2ccc(-c3ccc(F)cc3)cc2)CCn2cc([N+](=O)[O-])nc2O1. The second-order valence-electron chi connectivity index (χ2n) is 7.33. The van der Waals surface area contributed by atoms with E-state index in [0.717, 1.165) is 16.7 Å². The molecule has 0 aliphatic carbocycles. The van der Waals surface area contributed by atoms with Crippen LogP contribution >= 0.6 is 0 Å². The maximum absolute atomic E-state index is 13.0. The highest BCUT2D eigenvalue weighted by Gasteiger charge is 2.36. The second-order valence-corrected chi connectivity index (χ2v) is 7.33. The van der Waals surface area contributed by atoms with Gasteiger partial charge in [0.05, 0.1) is 13.2 Å². The molecule has 1 aliphatic heterocycles. The Morgan fingerprint density at radius 1 is 1.21 bits per heavy atom. The minimum atomic E-state index is -0.594. The first-order chi connectivity index (χ1) is 13.9. The average Bonchev–Trinajstić information content (AvgIpc) is 3.12. The topological polar surface area (TPSA) is 79.4 Å². The van der Waals surface area contributed by atoms with Gasteiger partial charge in [-0.05, 0) is 40.7 Å². The summed E-state index contributed by atoms with van der Waals surface area (Å²) < 4.78 is 26.4. The van der Waals surface area contributed by atoms with Gasteiger partial charge in [-0.3, -0.25) is 4.57 Å². The minimum Gasteiger partial charge on any atom is -0.437 e. The van der Waals surface area contributed by atoms with Crippen molar-refractivity contribution in [1.82, 2.24) is 9.55 Å². The summed E-state index contributed by atoms with van der Waals surface area (Å²) in [5.74, 6) is -0.472. The van der Waals surface area contributed by atoms with Crippen LogP contribution < -0.4 is 4.74 Å². The molecule has 29 heavy (non-hydrogen) atoms. The van der Waals surface area contributed by atoms with Crippen LogP contribution in [-0.2, 0) is 17.9 Å². The molecule has 0 bridgehead atoms. The van der Waals surface area contributed by atoms with Crippen LogP contribution in [0.5, 0.6) is 6.01 Å². The van der Waals surface area contributed by atoms with Gasteiger partial charge in [0.2, 0.25) is 0 Å². The molecular formula is C21H20FN3O4.